The van der Waals surface area contributed by atoms with Gasteiger partial charge in [0.1, 0.15) is 0 Å². The Morgan fingerprint density at radius 2 is 2.11 bits per heavy atom. The van der Waals surface area contributed by atoms with Gasteiger partial charge in [0, 0.05) is 24.1 Å². The first-order valence-electron chi connectivity index (χ1n) is 6.56. The maximum absolute atomic E-state index is 12.1. The van der Waals surface area contributed by atoms with Crippen LogP contribution in [0.3, 0.4) is 0 Å². The molecule has 1 aromatic heterocycles. The zero-order valence-electron chi connectivity index (χ0n) is 11.7. The summed E-state index contributed by atoms with van der Waals surface area (Å²) in [5.41, 5.74) is 2.16. The Labute approximate surface area is 113 Å². The minimum atomic E-state index is -0.108. The molecule has 1 atom stereocenters. The molecule has 0 aliphatic rings. The van der Waals surface area contributed by atoms with Crippen LogP contribution in [-0.4, -0.2) is 43.5 Å². The Hall–Kier alpha value is -1.81. The van der Waals surface area contributed by atoms with Crippen LogP contribution in [0.1, 0.15) is 17.9 Å². The Kier molecular flexibility index (Phi) is 4.22. The van der Waals surface area contributed by atoms with E-state index in [0.717, 1.165) is 29.4 Å². The first-order valence-corrected chi connectivity index (χ1v) is 6.56. The molecule has 0 saturated carbocycles. The number of likely N-dealkylation sites (N-methyl/N-ethyl adjacent to an activating group) is 1. The number of para-hydroxylation sites is 1. The minimum absolute atomic E-state index is 0.0756. The molecule has 0 aliphatic heterocycles. The SMILES string of the molecule is CNC(=O)C(CCN(C)C)c1c[nH]c2ccccc12. The van der Waals surface area contributed by atoms with Crippen molar-refractivity contribution in [1.29, 1.82) is 0 Å². The molecule has 2 aromatic rings. The fourth-order valence-corrected chi connectivity index (χ4v) is 2.37. The third-order valence-electron chi connectivity index (χ3n) is 3.42. The highest BCUT2D eigenvalue weighted by Crippen LogP contribution is 2.28. The number of aromatic nitrogens is 1. The highest BCUT2D eigenvalue weighted by Gasteiger charge is 2.22. The van der Waals surface area contributed by atoms with E-state index in [0.29, 0.717) is 0 Å². The minimum Gasteiger partial charge on any atom is -0.361 e. The van der Waals surface area contributed by atoms with Gasteiger partial charge in [0.2, 0.25) is 5.91 Å². The quantitative estimate of drug-likeness (QED) is 0.862. The molecule has 2 rings (SSSR count). The molecular weight excluding hydrogens is 238 g/mol. The number of benzene rings is 1. The maximum Gasteiger partial charge on any atom is 0.227 e. The van der Waals surface area contributed by atoms with Gasteiger partial charge in [-0.3, -0.25) is 4.79 Å². The van der Waals surface area contributed by atoms with Gasteiger partial charge in [0.25, 0.3) is 0 Å². The Bertz CT molecular complexity index is 559. The summed E-state index contributed by atoms with van der Waals surface area (Å²) in [5, 5.41) is 3.90. The lowest BCUT2D eigenvalue weighted by atomic mass is 9.94. The fraction of sp³-hybridized carbons (Fsp3) is 0.400. The van der Waals surface area contributed by atoms with Crippen LogP contribution in [0.2, 0.25) is 0 Å². The largest absolute Gasteiger partial charge is 0.361 e. The van der Waals surface area contributed by atoms with E-state index < -0.39 is 0 Å². The van der Waals surface area contributed by atoms with Crippen LogP contribution in [-0.2, 0) is 4.79 Å². The molecule has 0 saturated heterocycles. The number of amides is 1. The molecule has 0 fully saturated rings. The summed E-state index contributed by atoms with van der Waals surface area (Å²) >= 11 is 0. The van der Waals surface area contributed by atoms with Crippen LogP contribution >= 0.6 is 0 Å². The van der Waals surface area contributed by atoms with Gasteiger partial charge >= 0.3 is 0 Å². The third-order valence-corrected chi connectivity index (χ3v) is 3.42. The van der Waals surface area contributed by atoms with Crippen molar-refractivity contribution in [3.63, 3.8) is 0 Å². The predicted molar refractivity (Wildman–Crippen MR) is 78.3 cm³/mol. The van der Waals surface area contributed by atoms with Gasteiger partial charge in [-0.1, -0.05) is 18.2 Å². The normalized spacial score (nSPS) is 12.8. The van der Waals surface area contributed by atoms with Crippen molar-refractivity contribution < 1.29 is 4.79 Å². The molecule has 0 bridgehead atoms. The number of hydrogen-bond donors (Lipinski definition) is 2. The molecule has 1 amide bonds. The number of fused-ring (bicyclic) bond motifs is 1. The first-order chi connectivity index (χ1) is 9.13. The number of aromatic amines is 1. The summed E-state index contributed by atoms with van der Waals surface area (Å²) in [7, 11) is 5.74. The van der Waals surface area contributed by atoms with Crippen LogP contribution in [0.25, 0.3) is 10.9 Å². The van der Waals surface area contributed by atoms with Crippen LogP contribution in [0.5, 0.6) is 0 Å². The second-order valence-corrected chi connectivity index (χ2v) is 5.05. The van der Waals surface area contributed by atoms with Crippen molar-refractivity contribution in [3.8, 4) is 0 Å². The van der Waals surface area contributed by atoms with Crippen molar-refractivity contribution in [2.45, 2.75) is 12.3 Å². The number of nitrogens with zero attached hydrogens (tertiary/aromatic N) is 1. The summed E-state index contributed by atoms with van der Waals surface area (Å²) in [4.78, 5) is 17.5. The second kappa shape index (κ2) is 5.89. The Balaban J connectivity index is 2.34. The van der Waals surface area contributed by atoms with Crippen molar-refractivity contribution in [2.24, 2.45) is 0 Å². The molecule has 0 aliphatic carbocycles. The summed E-state index contributed by atoms with van der Waals surface area (Å²) in [5.74, 6) is -0.0323. The lowest BCUT2D eigenvalue weighted by Gasteiger charge is -2.17. The number of hydrogen-bond acceptors (Lipinski definition) is 2. The summed E-state index contributed by atoms with van der Waals surface area (Å²) < 4.78 is 0. The van der Waals surface area contributed by atoms with Gasteiger partial charge in [-0.2, -0.15) is 0 Å². The van der Waals surface area contributed by atoms with Crippen molar-refractivity contribution in [2.75, 3.05) is 27.7 Å². The van der Waals surface area contributed by atoms with E-state index in [1.807, 2.05) is 38.5 Å². The molecule has 4 nitrogen and oxygen atoms in total. The van der Waals surface area contributed by atoms with Crippen molar-refractivity contribution in [3.05, 3.63) is 36.0 Å². The van der Waals surface area contributed by atoms with Crippen LogP contribution in [0.4, 0.5) is 0 Å². The van der Waals surface area contributed by atoms with E-state index in [-0.39, 0.29) is 11.8 Å². The lowest BCUT2D eigenvalue weighted by molar-refractivity contribution is -0.122. The molecule has 1 aromatic carbocycles. The first kappa shape index (κ1) is 13.6. The van der Waals surface area contributed by atoms with E-state index in [4.69, 9.17) is 0 Å². The summed E-state index contributed by atoms with van der Waals surface area (Å²) in [6, 6.07) is 8.10. The number of nitrogens with one attached hydrogen (secondary N) is 2. The molecule has 19 heavy (non-hydrogen) atoms. The van der Waals surface area contributed by atoms with Crippen molar-refractivity contribution >= 4 is 16.8 Å². The average Bonchev–Trinajstić information content (AvgIpc) is 2.82. The predicted octanol–water partition coefficient (Wildman–Crippen LogP) is 1.95. The van der Waals surface area contributed by atoms with E-state index in [9.17, 15) is 4.79 Å². The van der Waals surface area contributed by atoms with Gasteiger partial charge in [-0.25, -0.2) is 0 Å². The van der Waals surface area contributed by atoms with E-state index >= 15 is 0 Å². The van der Waals surface area contributed by atoms with Gasteiger partial charge in [-0.05, 0) is 38.7 Å². The molecule has 1 heterocycles. The average molecular weight is 259 g/mol. The molecule has 2 N–H and O–H groups in total. The third kappa shape index (κ3) is 2.96. The van der Waals surface area contributed by atoms with E-state index in [2.05, 4.69) is 21.3 Å². The zero-order chi connectivity index (χ0) is 13.8. The van der Waals surface area contributed by atoms with Gasteiger partial charge in [0.05, 0.1) is 5.92 Å². The van der Waals surface area contributed by atoms with E-state index in [1.54, 1.807) is 7.05 Å². The van der Waals surface area contributed by atoms with Crippen LogP contribution in [0.15, 0.2) is 30.5 Å². The number of carbonyl (C=O) groups excluding carboxylic acids is 1. The van der Waals surface area contributed by atoms with Gasteiger partial charge in [-0.15, -0.1) is 0 Å². The van der Waals surface area contributed by atoms with Crippen LogP contribution < -0.4 is 5.32 Å². The topological polar surface area (TPSA) is 48.1 Å². The summed E-state index contributed by atoms with van der Waals surface area (Å²) in [6.07, 6.45) is 2.77. The molecule has 1 unspecified atom stereocenters. The zero-order valence-corrected chi connectivity index (χ0v) is 11.7. The molecule has 0 radical (unpaired) electrons. The Morgan fingerprint density at radius 3 is 2.79 bits per heavy atom. The molecular formula is C15H21N3O. The fourth-order valence-electron chi connectivity index (χ4n) is 2.37. The van der Waals surface area contributed by atoms with E-state index in [1.165, 1.54) is 0 Å². The summed E-state index contributed by atoms with van der Waals surface area (Å²) in [6.45, 7) is 0.887. The lowest BCUT2D eigenvalue weighted by Crippen LogP contribution is -2.28. The number of H-pyrrole nitrogens is 1. The Morgan fingerprint density at radius 1 is 1.37 bits per heavy atom. The van der Waals surface area contributed by atoms with Gasteiger partial charge in [0.15, 0.2) is 0 Å². The highest BCUT2D eigenvalue weighted by atomic mass is 16.1. The molecule has 102 valence electrons. The molecule has 0 spiro atoms. The van der Waals surface area contributed by atoms with Crippen LogP contribution in [0, 0.1) is 0 Å². The second-order valence-electron chi connectivity index (χ2n) is 5.05. The van der Waals surface area contributed by atoms with Crippen molar-refractivity contribution in [1.82, 2.24) is 15.2 Å². The molecule has 4 heteroatoms. The number of rotatable bonds is 5. The monoisotopic (exact) mass is 259 g/mol. The van der Waals surface area contributed by atoms with Gasteiger partial charge < -0.3 is 15.2 Å². The smallest absolute Gasteiger partial charge is 0.227 e. The number of carbonyl (C=O) groups is 1. The highest BCUT2D eigenvalue weighted by molar-refractivity contribution is 5.91. The standard InChI is InChI=1S/C15H21N3O/c1-16-15(19)12(8-9-18(2)3)13-10-17-14-7-5-4-6-11(13)14/h4-7,10,12,17H,8-9H2,1-3H3,(H,16,19). The maximum atomic E-state index is 12.1.